The number of halogens is 1. The van der Waals surface area contributed by atoms with E-state index in [2.05, 4.69) is 9.88 Å². The van der Waals surface area contributed by atoms with Crippen LogP contribution in [-0.2, 0) is 4.74 Å². The van der Waals surface area contributed by atoms with E-state index in [9.17, 15) is 9.18 Å². The SMILES string of the molecule is CC(C)(C)OC(=O)N1CC=C(c2cnc3ccc(N4CCC[C@@H]4c4cccc(F)c4)nn23)C1. The van der Waals surface area contributed by atoms with Crippen molar-refractivity contribution >= 4 is 23.1 Å². The van der Waals surface area contributed by atoms with Crippen molar-refractivity contribution in [2.45, 2.75) is 45.3 Å². The number of carbonyl (C=O) groups excluding carboxylic acids is 1. The van der Waals surface area contributed by atoms with Gasteiger partial charge in [0.1, 0.15) is 17.2 Å². The molecule has 2 aromatic heterocycles. The van der Waals surface area contributed by atoms with Gasteiger partial charge in [-0.05, 0) is 69.0 Å². The smallest absolute Gasteiger partial charge is 0.410 e. The number of nitrogens with zero attached hydrogens (tertiary/aromatic N) is 5. The number of hydrogen-bond acceptors (Lipinski definition) is 5. The summed E-state index contributed by atoms with van der Waals surface area (Å²) >= 11 is 0. The maximum Gasteiger partial charge on any atom is 0.410 e. The van der Waals surface area contributed by atoms with E-state index in [-0.39, 0.29) is 18.0 Å². The molecule has 0 spiro atoms. The van der Waals surface area contributed by atoms with E-state index < -0.39 is 5.60 Å². The molecule has 5 rings (SSSR count). The van der Waals surface area contributed by atoms with Crippen LogP contribution >= 0.6 is 0 Å². The molecule has 1 saturated heterocycles. The number of carbonyl (C=O) groups is 1. The van der Waals surface area contributed by atoms with Gasteiger partial charge in [0.15, 0.2) is 5.65 Å². The Morgan fingerprint density at radius 2 is 2.06 bits per heavy atom. The van der Waals surface area contributed by atoms with Crippen molar-refractivity contribution in [1.82, 2.24) is 19.5 Å². The second kappa shape index (κ2) is 8.17. The first-order valence-electron chi connectivity index (χ1n) is 11.3. The molecule has 172 valence electrons. The summed E-state index contributed by atoms with van der Waals surface area (Å²) in [6, 6.07) is 10.8. The molecule has 0 saturated carbocycles. The van der Waals surface area contributed by atoms with Gasteiger partial charge in [0.2, 0.25) is 0 Å². The summed E-state index contributed by atoms with van der Waals surface area (Å²) < 4.78 is 21.2. The highest BCUT2D eigenvalue weighted by atomic mass is 19.1. The first-order chi connectivity index (χ1) is 15.8. The third-order valence-corrected chi connectivity index (χ3v) is 6.03. The van der Waals surface area contributed by atoms with Crippen LogP contribution in [0.3, 0.4) is 0 Å². The molecule has 0 bridgehead atoms. The zero-order valence-corrected chi connectivity index (χ0v) is 19.2. The van der Waals surface area contributed by atoms with Crippen molar-refractivity contribution < 1.29 is 13.9 Å². The Morgan fingerprint density at radius 3 is 2.85 bits per heavy atom. The summed E-state index contributed by atoms with van der Waals surface area (Å²) in [4.78, 5) is 20.9. The molecule has 33 heavy (non-hydrogen) atoms. The van der Waals surface area contributed by atoms with Gasteiger partial charge in [-0.2, -0.15) is 0 Å². The summed E-state index contributed by atoms with van der Waals surface area (Å²) in [6.45, 7) is 7.38. The molecule has 1 fully saturated rings. The first kappa shape index (κ1) is 21.4. The van der Waals surface area contributed by atoms with Crippen LogP contribution in [0.25, 0.3) is 11.2 Å². The van der Waals surface area contributed by atoms with Crippen LogP contribution in [0, 0.1) is 5.82 Å². The van der Waals surface area contributed by atoms with Crippen LogP contribution in [0.2, 0.25) is 0 Å². The molecular weight excluding hydrogens is 421 g/mol. The van der Waals surface area contributed by atoms with Crippen LogP contribution in [0.15, 0.2) is 48.7 Å². The van der Waals surface area contributed by atoms with Crippen molar-refractivity contribution in [2.75, 3.05) is 24.5 Å². The van der Waals surface area contributed by atoms with Crippen LogP contribution in [0.5, 0.6) is 0 Å². The molecule has 0 aliphatic carbocycles. The molecule has 3 aromatic rings. The molecule has 7 nitrogen and oxygen atoms in total. The van der Waals surface area contributed by atoms with Gasteiger partial charge < -0.3 is 14.5 Å². The van der Waals surface area contributed by atoms with Crippen molar-refractivity contribution in [3.63, 3.8) is 0 Å². The molecule has 8 heteroatoms. The number of ether oxygens (including phenoxy) is 1. The number of benzene rings is 1. The van der Waals surface area contributed by atoms with Gasteiger partial charge in [-0.15, -0.1) is 5.10 Å². The summed E-state index contributed by atoms with van der Waals surface area (Å²) in [6.07, 6.45) is 5.47. The number of imidazole rings is 1. The fourth-order valence-corrected chi connectivity index (χ4v) is 4.54. The predicted octanol–water partition coefficient (Wildman–Crippen LogP) is 4.84. The van der Waals surface area contributed by atoms with E-state index in [1.54, 1.807) is 23.2 Å². The standard InChI is InChI=1S/C25H28FN5O2/c1-25(2,3)33-24(32)29-13-11-18(16-29)21-15-27-22-9-10-23(28-31(21)22)30-12-5-8-20(30)17-6-4-7-19(26)14-17/h4,6-7,9-11,14-15,20H,5,8,12-13,16H2,1-3H3/t20-/m1/s1. The van der Waals surface area contributed by atoms with Gasteiger partial charge >= 0.3 is 6.09 Å². The summed E-state index contributed by atoms with van der Waals surface area (Å²) in [5.74, 6) is 0.610. The summed E-state index contributed by atoms with van der Waals surface area (Å²) in [5, 5.41) is 4.90. The second-order valence-electron chi connectivity index (χ2n) is 9.60. The van der Waals surface area contributed by atoms with Crippen LogP contribution in [0.4, 0.5) is 15.0 Å². The molecule has 0 N–H and O–H groups in total. The van der Waals surface area contributed by atoms with Crippen molar-refractivity contribution in [3.8, 4) is 0 Å². The van der Waals surface area contributed by atoms with E-state index in [4.69, 9.17) is 9.84 Å². The number of anilines is 1. The lowest BCUT2D eigenvalue weighted by atomic mass is 10.0. The van der Waals surface area contributed by atoms with E-state index in [0.29, 0.717) is 13.1 Å². The minimum Gasteiger partial charge on any atom is -0.444 e. The first-order valence-corrected chi connectivity index (χ1v) is 11.3. The molecule has 2 aliphatic heterocycles. The van der Waals surface area contributed by atoms with E-state index in [1.807, 2.05) is 49.6 Å². The summed E-state index contributed by atoms with van der Waals surface area (Å²) in [5.41, 5.74) is 3.02. The number of fused-ring (bicyclic) bond motifs is 1. The monoisotopic (exact) mass is 449 g/mol. The minimum absolute atomic E-state index is 0.0889. The quantitative estimate of drug-likeness (QED) is 0.572. The number of rotatable bonds is 3. The van der Waals surface area contributed by atoms with Crippen molar-refractivity contribution in [3.05, 3.63) is 65.7 Å². The molecular formula is C25H28FN5O2. The van der Waals surface area contributed by atoms with E-state index in [1.165, 1.54) is 6.07 Å². The van der Waals surface area contributed by atoms with Gasteiger partial charge in [0, 0.05) is 13.1 Å². The number of hydrogen-bond donors (Lipinski definition) is 0. The van der Waals surface area contributed by atoms with Gasteiger partial charge in [0.25, 0.3) is 0 Å². The van der Waals surface area contributed by atoms with E-state index in [0.717, 1.165) is 47.7 Å². The van der Waals surface area contributed by atoms with Crippen LogP contribution < -0.4 is 4.90 Å². The Bertz CT molecular complexity index is 1230. The number of amides is 1. The fourth-order valence-electron chi connectivity index (χ4n) is 4.54. The third-order valence-electron chi connectivity index (χ3n) is 6.03. The lowest BCUT2D eigenvalue weighted by molar-refractivity contribution is 0.0306. The van der Waals surface area contributed by atoms with Crippen molar-refractivity contribution in [2.24, 2.45) is 0 Å². The third kappa shape index (κ3) is 4.29. The summed E-state index contributed by atoms with van der Waals surface area (Å²) in [7, 11) is 0. The minimum atomic E-state index is -0.534. The maximum absolute atomic E-state index is 13.8. The average Bonchev–Trinajstić information content (AvgIpc) is 3.50. The maximum atomic E-state index is 13.8. The van der Waals surface area contributed by atoms with Gasteiger partial charge in [0.05, 0.1) is 24.5 Å². The van der Waals surface area contributed by atoms with Crippen LogP contribution in [-0.4, -0.2) is 50.8 Å². The normalized spacial score (nSPS) is 18.8. The van der Waals surface area contributed by atoms with Gasteiger partial charge in [-0.3, -0.25) is 0 Å². The molecule has 2 aliphatic rings. The lowest BCUT2D eigenvalue weighted by Crippen LogP contribution is -2.35. The average molecular weight is 450 g/mol. The molecule has 1 atom stereocenters. The van der Waals surface area contributed by atoms with Gasteiger partial charge in [-0.1, -0.05) is 18.2 Å². The lowest BCUT2D eigenvalue weighted by Gasteiger charge is -2.26. The Kier molecular flexibility index (Phi) is 5.31. The Labute approximate surface area is 192 Å². The Hall–Kier alpha value is -3.42. The largest absolute Gasteiger partial charge is 0.444 e. The predicted molar refractivity (Wildman–Crippen MR) is 124 cm³/mol. The van der Waals surface area contributed by atoms with Gasteiger partial charge in [-0.25, -0.2) is 18.7 Å². The molecule has 1 amide bonds. The molecule has 4 heterocycles. The topological polar surface area (TPSA) is 63.0 Å². The zero-order valence-electron chi connectivity index (χ0n) is 19.2. The highest BCUT2D eigenvalue weighted by Gasteiger charge is 2.29. The highest BCUT2D eigenvalue weighted by Crippen LogP contribution is 2.35. The number of aromatic nitrogens is 3. The zero-order chi connectivity index (χ0) is 23.2. The molecule has 0 unspecified atom stereocenters. The second-order valence-corrected chi connectivity index (χ2v) is 9.60. The highest BCUT2D eigenvalue weighted by molar-refractivity contribution is 5.77. The van der Waals surface area contributed by atoms with E-state index >= 15 is 0 Å². The molecule has 1 aromatic carbocycles. The van der Waals surface area contributed by atoms with Crippen molar-refractivity contribution in [1.29, 1.82) is 0 Å². The Balaban J connectivity index is 1.40. The van der Waals surface area contributed by atoms with Crippen LogP contribution in [0.1, 0.15) is 50.9 Å². The Morgan fingerprint density at radius 1 is 1.21 bits per heavy atom. The molecule has 0 radical (unpaired) electrons. The fraction of sp³-hybridized carbons (Fsp3) is 0.400.